The molecule has 0 fully saturated rings. The molecule has 0 bridgehead atoms. The zero-order chi connectivity index (χ0) is 12.4. The number of methoxy groups -OCH3 is 2. The van der Waals surface area contributed by atoms with E-state index in [1.165, 1.54) is 0 Å². The van der Waals surface area contributed by atoms with E-state index < -0.39 is 6.10 Å². The first-order valence-electron chi connectivity index (χ1n) is 5.83. The zero-order valence-corrected chi connectivity index (χ0v) is 10.4. The first-order valence-corrected chi connectivity index (χ1v) is 5.83. The standard InChI is InChI=1S/C14H18O3/c1-4-9-5-6-10-7-12(16-2)13(17-3)8-11(10)14(9)15/h5-9,14-15H,4H2,1-3H3/t9-,14+/m0/s1. The van der Waals surface area contributed by atoms with Crippen LogP contribution in [0, 0.1) is 5.92 Å². The van der Waals surface area contributed by atoms with Crippen LogP contribution in [0.25, 0.3) is 6.08 Å². The van der Waals surface area contributed by atoms with Crippen molar-refractivity contribution in [3.63, 3.8) is 0 Å². The van der Waals surface area contributed by atoms with Crippen LogP contribution in [0.1, 0.15) is 30.6 Å². The molecule has 1 aliphatic rings. The fourth-order valence-corrected chi connectivity index (χ4v) is 2.23. The highest BCUT2D eigenvalue weighted by Crippen LogP contribution is 2.39. The minimum absolute atomic E-state index is 0.181. The predicted molar refractivity (Wildman–Crippen MR) is 67.3 cm³/mol. The van der Waals surface area contributed by atoms with E-state index in [0.29, 0.717) is 11.5 Å². The lowest BCUT2D eigenvalue weighted by atomic mass is 9.85. The third kappa shape index (κ3) is 2.03. The summed E-state index contributed by atoms with van der Waals surface area (Å²) in [7, 11) is 3.22. The summed E-state index contributed by atoms with van der Waals surface area (Å²) in [5, 5.41) is 10.3. The lowest BCUT2D eigenvalue weighted by Gasteiger charge is -2.25. The third-order valence-electron chi connectivity index (χ3n) is 3.31. The Morgan fingerprint density at radius 2 is 1.82 bits per heavy atom. The fraction of sp³-hybridized carbons (Fsp3) is 0.429. The Morgan fingerprint density at radius 3 is 2.41 bits per heavy atom. The predicted octanol–water partition coefficient (Wildman–Crippen LogP) is 2.79. The number of rotatable bonds is 3. The van der Waals surface area contributed by atoms with E-state index in [1.807, 2.05) is 18.2 Å². The van der Waals surface area contributed by atoms with Gasteiger partial charge in [-0.3, -0.25) is 0 Å². The van der Waals surface area contributed by atoms with Crippen LogP contribution in [-0.4, -0.2) is 19.3 Å². The van der Waals surface area contributed by atoms with Crippen molar-refractivity contribution in [3.05, 3.63) is 29.3 Å². The molecule has 0 spiro atoms. The molecule has 1 aromatic carbocycles. The van der Waals surface area contributed by atoms with Gasteiger partial charge in [0.05, 0.1) is 20.3 Å². The van der Waals surface area contributed by atoms with Gasteiger partial charge >= 0.3 is 0 Å². The van der Waals surface area contributed by atoms with Gasteiger partial charge in [-0.15, -0.1) is 0 Å². The minimum atomic E-state index is -0.459. The average Bonchev–Trinajstić information content (AvgIpc) is 2.38. The van der Waals surface area contributed by atoms with Gasteiger partial charge in [-0.05, 0) is 29.7 Å². The van der Waals surface area contributed by atoms with Gasteiger partial charge in [0.15, 0.2) is 11.5 Å². The molecule has 0 radical (unpaired) electrons. The number of hydrogen-bond acceptors (Lipinski definition) is 3. The summed E-state index contributed by atoms with van der Waals surface area (Å²) >= 11 is 0. The second kappa shape index (κ2) is 4.80. The van der Waals surface area contributed by atoms with Crippen LogP contribution < -0.4 is 9.47 Å². The van der Waals surface area contributed by atoms with Crippen molar-refractivity contribution >= 4 is 6.08 Å². The highest BCUT2D eigenvalue weighted by molar-refractivity contribution is 5.63. The van der Waals surface area contributed by atoms with Gasteiger partial charge in [0.2, 0.25) is 0 Å². The van der Waals surface area contributed by atoms with Crippen molar-refractivity contribution in [1.29, 1.82) is 0 Å². The van der Waals surface area contributed by atoms with Gasteiger partial charge < -0.3 is 14.6 Å². The molecule has 0 heterocycles. The summed E-state index contributed by atoms with van der Waals surface area (Å²) in [6, 6.07) is 3.77. The Balaban J connectivity index is 2.49. The molecule has 3 heteroatoms. The van der Waals surface area contributed by atoms with Crippen molar-refractivity contribution < 1.29 is 14.6 Å². The molecule has 0 saturated heterocycles. The van der Waals surface area contributed by atoms with Crippen LogP contribution >= 0.6 is 0 Å². The summed E-state index contributed by atoms with van der Waals surface area (Å²) in [4.78, 5) is 0. The van der Waals surface area contributed by atoms with Crippen LogP contribution in [0.15, 0.2) is 18.2 Å². The number of ether oxygens (including phenoxy) is 2. The van der Waals surface area contributed by atoms with Crippen LogP contribution in [0.3, 0.4) is 0 Å². The number of fused-ring (bicyclic) bond motifs is 1. The number of benzene rings is 1. The maximum Gasteiger partial charge on any atom is 0.161 e. The van der Waals surface area contributed by atoms with Gasteiger partial charge in [-0.2, -0.15) is 0 Å². The van der Waals surface area contributed by atoms with E-state index >= 15 is 0 Å². The molecule has 0 unspecified atom stereocenters. The lowest BCUT2D eigenvalue weighted by Crippen LogP contribution is -2.14. The first-order chi connectivity index (χ1) is 8.21. The van der Waals surface area contributed by atoms with E-state index in [4.69, 9.17) is 9.47 Å². The van der Waals surface area contributed by atoms with Crippen molar-refractivity contribution in [2.24, 2.45) is 5.92 Å². The third-order valence-corrected chi connectivity index (χ3v) is 3.31. The molecule has 0 aliphatic heterocycles. The monoisotopic (exact) mass is 234 g/mol. The smallest absolute Gasteiger partial charge is 0.161 e. The molecule has 2 atom stereocenters. The quantitative estimate of drug-likeness (QED) is 0.874. The van der Waals surface area contributed by atoms with Crippen molar-refractivity contribution in [2.75, 3.05) is 14.2 Å². The molecule has 1 aromatic rings. The van der Waals surface area contributed by atoms with Crippen molar-refractivity contribution in [2.45, 2.75) is 19.4 Å². The van der Waals surface area contributed by atoms with Crippen LogP contribution in [0.5, 0.6) is 11.5 Å². The second-order valence-corrected chi connectivity index (χ2v) is 4.21. The van der Waals surface area contributed by atoms with Gasteiger partial charge in [0.25, 0.3) is 0 Å². The maximum absolute atomic E-state index is 10.3. The number of aliphatic hydroxyl groups is 1. The number of aliphatic hydroxyl groups excluding tert-OH is 1. The largest absolute Gasteiger partial charge is 0.493 e. The van der Waals surface area contributed by atoms with Crippen LogP contribution in [-0.2, 0) is 0 Å². The van der Waals surface area contributed by atoms with Crippen LogP contribution in [0.4, 0.5) is 0 Å². The molecule has 1 aliphatic carbocycles. The summed E-state index contributed by atoms with van der Waals surface area (Å²) in [6.45, 7) is 2.07. The van der Waals surface area contributed by atoms with E-state index in [1.54, 1.807) is 14.2 Å². The van der Waals surface area contributed by atoms with Gasteiger partial charge in [0, 0.05) is 5.92 Å². The van der Waals surface area contributed by atoms with E-state index in [9.17, 15) is 5.11 Å². The summed E-state index contributed by atoms with van der Waals surface area (Å²) in [6.07, 6.45) is 4.56. The topological polar surface area (TPSA) is 38.7 Å². The first kappa shape index (κ1) is 12.0. The highest BCUT2D eigenvalue weighted by Gasteiger charge is 2.24. The van der Waals surface area contributed by atoms with E-state index in [0.717, 1.165) is 17.5 Å². The van der Waals surface area contributed by atoms with Crippen LogP contribution in [0.2, 0.25) is 0 Å². The molecular weight excluding hydrogens is 216 g/mol. The van der Waals surface area contributed by atoms with E-state index in [-0.39, 0.29) is 5.92 Å². The lowest BCUT2D eigenvalue weighted by molar-refractivity contribution is 0.127. The average molecular weight is 234 g/mol. The summed E-state index contributed by atoms with van der Waals surface area (Å²) in [5.74, 6) is 1.54. The van der Waals surface area contributed by atoms with Gasteiger partial charge in [-0.25, -0.2) is 0 Å². The fourth-order valence-electron chi connectivity index (χ4n) is 2.23. The van der Waals surface area contributed by atoms with Crippen molar-refractivity contribution in [1.82, 2.24) is 0 Å². The SMILES string of the molecule is CC[C@H]1C=Cc2cc(OC)c(OC)cc2[C@@H]1O. The number of hydrogen-bond donors (Lipinski definition) is 1. The molecule has 0 saturated carbocycles. The molecule has 92 valence electrons. The van der Waals surface area contributed by atoms with Gasteiger partial charge in [-0.1, -0.05) is 19.1 Å². The maximum atomic E-state index is 10.3. The minimum Gasteiger partial charge on any atom is -0.493 e. The Kier molecular flexibility index (Phi) is 3.38. The Morgan fingerprint density at radius 1 is 1.18 bits per heavy atom. The summed E-state index contributed by atoms with van der Waals surface area (Å²) in [5.41, 5.74) is 1.91. The molecule has 0 amide bonds. The summed E-state index contributed by atoms with van der Waals surface area (Å²) < 4.78 is 10.5. The zero-order valence-electron chi connectivity index (χ0n) is 10.4. The second-order valence-electron chi connectivity index (χ2n) is 4.21. The molecular formula is C14H18O3. The Labute approximate surface area is 102 Å². The van der Waals surface area contributed by atoms with E-state index in [2.05, 4.69) is 13.0 Å². The van der Waals surface area contributed by atoms with Gasteiger partial charge in [0.1, 0.15) is 0 Å². The molecule has 3 nitrogen and oxygen atoms in total. The molecule has 2 rings (SSSR count). The molecule has 17 heavy (non-hydrogen) atoms. The Hall–Kier alpha value is -1.48. The molecule has 1 N–H and O–H groups in total. The molecule has 0 aromatic heterocycles. The highest BCUT2D eigenvalue weighted by atomic mass is 16.5. The Bertz CT molecular complexity index is 437. The normalized spacial score (nSPS) is 22.1. The van der Waals surface area contributed by atoms with Crippen molar-refractivity contribution in [3.8, 4) is 11.5 Å².